The summed E-state index contributed by atoms with van der Waals surface area (Å²) >= 11 is 2.85. The summed E-state index contributed by atoms with van der Waals surface area (Å²) in [5.41, 5.74) is 0. The molecule has 1 aromatic rings. The molecule has 0 aliphatic rings. The number of hydrogen-bond donors (Lipinski definition) is 2. The van der Waals surface area contributed by atoms with Gasteiger partial charge in [-0.2, -0.15) is 0 Å². The van der Waals surface area contributed by atoms with Crippen LogP contribution in [0.2, 0.25) is 0 Å². The smallest absolute Gasteiger partial charge is 0.326 e. The van der Waals surface area contributed by atoms with E-state index in [9.17, 15) is 14.4 Å². The number of esters is 1. The number of thiophene rings is 1. The first-order valence-corrected chi connectivity index (χ1v) is 7.64. The second kappa shape index (κ2) is 8.60. The standard InChI is InChI=1S/C12H15NO5S2/c1-18-10(15)5-4-8(12(16)17)13-9(14)7-20-11-3-2-6-19-11/h2-3,6,8H,4-5,7H2,1H3,(H,13,14)(H,16,17)/t8-/m1/s1. The molecular formula is C12H15NO5S2. The van der Waals surface area contributed by atoms with Crippen LogP contribution < -0.4 is 5.32 Å². The van der Waals surface area contributed by atoms with Gasteiger partial charge in [0.2, 0.25) is 5.91 Å². The van der Waals surface area contributed by atoms with Crippen LogP contribution in [-0.4, -0.2) is 41.9 Å². The zero-order valence-electron chi connectivity index (χ0n) is 10.8. The van der Waals surface area contributed by atoms with Crippen molar-refractivity contribution in [2.75, 3.05) is 12.9 Å². The fourth-order valence-corrected chi connectivity index (χ4v) is 2.94. The molecular weight excluding hydrogens is 302 g/mol. The Morgan fingerprint density at radius 2 is 2.25 bits per heavy atom. The number of aliphatic carboxylic acids is 1. The van der Waals surface area contributed by atoms with Crippen molar-refractivity contribution in [1.82, 2.24) is 5.32 Å². The molecule has 8 heteroatoms. The molecule has 1 aromatic heterocycles. The molecule has 0 spiro atoms. The topological polar surface area (TPSA) is 92.7 Å². The predicted octanol–water partition coefficient (Wildman–Crippen LogP) is 1.36. The van der Waals surface area contributed by atoms with E-state index in [2.05, 4.69) is 10.1 Å². The van der Waals surface area contributed by atoms with E-state index in [1.165, 1.54) is 30.2 Å². The van der Waals surface area contributed by atoms with Crippen LogP contribution in [0.25, 0.3) is 0 Å². The lowest BCUT2D eigenvalue weighted by molar-refractivity contribution is -0.143. The van der Waals surface area contributed by atoms with Gasteiger partial charge >= 0.3 is 11.9 Å². The van der Waals surface area contributed by atoms with Crippen molar-refractivity contribution in [3.63, 3.8) is 0 Å². The molecule has 1 amide bonds. The van der Waals surface area contributed by atoms with E-state index in [4.69, 9.17) is 5.11 Å². The minimum absolute atomic E-state index is 0.0113. The summed E-state index contributed by atoms with van der Waals surface area (Å²) in [6, 6.07) is 2.68. The first-order valence-electron chi connectivity index (χ1n) is 5.78. The fraction of sp³-hybridized carbons (Fsp3) is 0.417. The minimum atomic E-state index is -1.16. The van der Waals surface area contributed by atoms with Gasteiger partial charge in [0.25, 0.3) is 0 Å². The molecule has 6 nitrogen and oxygen atoms in total. The highest BCUT2D eigenvalue weighted by Gasteiger charge is 2.21. The van der Waals surface area contributed by atoms with Crippen molar-refractivity contribution in [2.45, 2.75) is 23.1 Å². The highest BCUT2D eigenvalue weighted by atomic mass is 32.2. The van der Waals surface area contributed by atoms with Gasteiger partial charge in [-0.1, -0.05) is 6.07 Å². The van der Waals surface area contributed by atoms with E-state index < -0.39 is 18.0 Å². The fourth-order valence-electron chi connectivity index (χ4n) is 1.34. The number of rotatable bonds is 8. The molecule has 0 saturated carbocycles. The second-order valence-corrected chi connectivity index (χ2v) is 6.02. The van der Waals surface area contributed by atoms with Crippen LogP contribution in [0.3, 0.4) is 0 Å². The summed E-state index contributed by atoms with van der Waals surface area (Å²) < 4.78 is 5.42. The van der Waals surface area contributed by atoms with Crippen LogP contribution in [0.5, 0.6) is 0 Å². The molecule has 0 aromatic carbocycles. The molecule has 20 heavy (non-hydrogen) atoms. The number of carboxylic acids is 1. The molecule has 1 heterocycles. The van der Waals surface area contributed by atoms with Crippen LogP contribution in [0.1, 0.15) is 12.8 Å². The van der Waals surface area contributed by atoms with Gasteiger partial charge in [-0.15, -0.1) is 23.1 Å². The van der Waals surface area contributed by atoms with E-state index in [0.29, 0.717) is 0 Å². The minimum Gasteiger partial charge on any atom is -0.480 e. The first-order chi connectivity index (χ1) is 9.52. The van der Waals surface area contributed by atoms with Crippen LogP contribution in [0, 0.1) is 0 Å². The Labute approximate surface area is 124 Å². The lowest BCUT2D eigenvalue weighted by Crippen LogP contribution is -2.42. The summed E-state index contributed by atoms with van der Waals surface area (Å²) in [6.45, 7) is 0. The number of methoxy groups -OCH3 is 1. The average Bonchev–Trinajstić information content (AvgIpc) is 2.93. The Hall–Kier alpha value is -1.54. The number of ether oxygens (including phenoxy) is 1. The summed E-state index contributed by atoms with van der Waals surface area (Å²) in [5, 5.41) is 13.3. The molecule has 0 unspecified atom stereocenters. The van der Waals surface area contributed by atoms with Crippen molar-refractivity contribution in [1.29, 1.82) is 0 Å². The van der Waals surface area contributed by atoms with Crippen LogP contribution in [0.4, 0.5) is 0 Å². The van der Waals surface area contributed by atoms with E-state index in [1.807, 2.05) is 17.5 Å². The summed E-state index contributed by atoms with van der Waals surface area (Å²) in [6.07, 6.45) is -0.0385. The molecule has 0 saturated heterocycles. The van der Waals surface area contributed by atoms with Gasteiger partial charge in [0.1, 0.15) is 6.04 Å². The Balaban J connectivity index is 2.38. The summed E-state index contributed by atoms with van der Waals surface area (Å²) in [4.78, 5) is 33.6. The number of carbonyl (C=O) groups is 3. The second-order valence-electron chi connectivity index (χ2n) is 3.79. The Morgan fingerprint density at radius 3 is 2.80 bits per heavy atom. The average molecular weight is 317 g/mol. The molecule has 1 atom stereocenters. The highest BCUT2D eigenvalue weighted by molar-refractivity contribution is 8.01. The van der Waals surface area contributed by atoms with Crippen molar-refractivity contribution >= 4 is 40.9 Å². The van der Waals surface area contributed by atoms with Crippen LogP contribution in [0.15, 0.2) is 21.7 Å². The lowest BCUT2D eigenvalue weighted by Gasteiger charge is -2.13. The first kappa shape index (κ1) is 16.5. The zero-order valence-corrected chi connectivity index (χ0v) is 12.5. The molecule has 0 radical (unpaired) electrons. The third kappa shape index (κ3) is 6.07. The zero-order chi connectivity index (χ0) is 15.0. The van der Waals surface area contributed by atoms with Crippen LogP contribution in [-0.2, 0) is 19.1 Å². The number of thioether (sulfide) groups is 1. The summed E-state index contributed by atoms with van der Waals surface area (Å²) in [5.74, 6) is -1.90. The normalized spacial score (nSPS) is 11.7. The van der Waals surface area contributed by atoms with E-state index >= 15 is 0 Å². The quantitative estimate of drug-likeness (QED) is 0.555. The van der Waals surface area contributed by atoms with Crippen LogP contribution >= 0.6 is 23.1 Å². The van der Waals surface area contributed by atoms with Gasteiger partial charge in [0, 0.05) is 6.42 Å². The van der Waals surface area contributed by atoms with E-state index in [-0.39, 0.29) is 24.5 Å². The lowest BCUT2D eigenvalue weighted by atomic mass is 10.1. The van der Waals surface area contributed by atoms with Crippen molar-refractivity contribution < 1.29 is 24.2 Å². The third-order valence-corrected chi connectivity index (χ3v) is 4.47. The van der Waals surface area contributed by atoms with Crippen molar-refractivity contribution in [3.8, 4) is 0 Å². The van der Waals surface area contributed by atoms with Gasteiger partial charge in [-0.05, 0) is 17.9 Å². The maximum absolute atomic E-state index is 11.7. The molecule has 0 aliphatic carbocycles. The van der Waals surface area contributed by atoms with E-state index in [1.54, 1.807) is 0 Å². The number of carbonyl (C=O) groups excluding carboxylic acids is 2. The maximum Gasteiger partial charge on any atom is 0.326 e. The maximum atomic E-state index is 11.7. The van der Waals surface area contributed by atoms with Gasteiger partial charge in [0.05, 0.1) is 17.1 Å². The predicted molar refractivity (Wildman–Crippen MR) is 75.9 cm³/mol. The Bertz CT molecular complexity index is 460. The highest BCUT2D eigenvalue weighted by Crippen LogP contribution is 2.22. The Morgan fingerprint density at radius 1 is 1.50 bits per heavy atom. The molecule has 0 fully saturated rings. The number of amides is 1. The largest absolute Gasteiger partial charge is 0.480 e. The molecule has 0 bridgehead atoms. The van der Waals surface area contributed by atoms with Gasteiger partial charge in [-0.25, -0.2) is 4.79 Å². The monoisotopic (exact) mass is 317 g/mol. The molecule has 1 rings (SSSR count). The third-order valence-electron chi connectivity index (χ3n) is 2.34. The van der Waals surface area contributed by atoms with Crippen molar-refractivity contribution in [3.05, 3.63) is 17.5 Å². The van der Waals surface area contributed by atoms with Gasteiger partial charge in [0.15, 0.2) is 0 Å². The SMILES string of the molecule is COC(=O)CC[C@@H](NC(=O)CSc1cccs1)C(=O)O. The number of nitrogens with one attached hydrogen (secondary N) is 1. The van der Waals surface area contributed by atoms with Gasteiger partial charge in [-0.3, -0.25) is 9.59 Å². The van der Waals surface area contributed by atoms with Crippen molar-refractivity contribution in [2.24, 2.45) is 0 Å². The number of hydrogen-bond acceptors (Lipinski definition) is 6. The molecule has 0 aliphatic heterocycles. The molecule has 110 valence electrons. The number of carboxylic acid groups (broad SMARTS) is 1. The van der Waals surface area contributed by atoms with Gasteiger partial charge < -0.3 is 15.2 Å². The Kier molecular flexibility index (Phi) is 7.10. The summed E-state index contributed by atoms with van der Waals surface area (Å²) in [7, 11) is 1.23. The molecule has 2 N–H and O–H groups in total. The van der Waals surface area contributed by atoms with E-state index in [0.717, 1.165) is 4.21 Å².